The summed E-state index contributed by atoms with van der Waals surface area (Å²) in [5, 5.41) is 11.6. The third kappa shape index (κ3) is 3.18. The van der Waals surface area contributed by atoms with Crippen molar-refractivity contribution >= 4 is 5.91 Å². The van der Waals surface area contributed by atoms with Crippen molar-refractivity contribution < 1.29 is 9.18 Å². The highest BCUT2D eigenvalue weighted by atomic mass is 19.1. The molecule has 100 valence electrons. The number of rotatable bonds is 3. The zero-order valence-electron chi connectivity index (χ0n) is 10.8. The molecule has 5 heteroatoms. The molecule has 0 bridgehead atoms. The molecule has 0 aliphatic rings. The maximum absolute atomic E-state index is 12.7. The summed E-state index contributed by atoms with van der Waals surface area (Å²) in [5.41, 5.74) is 1.65. The number of halogens is 1. The van der Waals surface area contributed by atoms with E-state index in [9.17, 15) is 9.18 Å². The predicted molar refractivity (Wildman–Crippen MR) is 71.2 cm³/mol. The zero-order chi connectivity index (χ0) is 14.5. The Morgan fingerprint density at radius 3 is 2.85 bits per heavy atom. The van der Waals surface area contributed by atoms with Gasteiger partial charge in [0.2, 0.25) is 5.95 Å². The number of pyridine rings is 1. The molecule has 1 heterocycles. The fourth-order valence-corrected chi connectivity index (χ4v) is 1.75. The summed E-state index contributed by atoms with van der Waals surface area (Å²) < 4.78 is 12.7. The van der Waals surface area contributed by atoms with Crippen LogP contribution in [0, 0.1) is 17.3 Å². The normalized spacial score (nSPS) is 11.4. The number of carbonyl (C=O) groups is 1. The van der Waals surface area contributed by atoms with Crippen molar-refractivity contribution in [2.24, 2.45) is 0 Å². The third-order valence-corrected chi connectivity index (χ3v) is 2.85. The number of aromatic nitrogens is 1. The van der Waals surface area contributed by atoms with Crippen molar-refractivity contribution in [1.82, 2.24) is 10.3 Å². The van der Waals surface area contributed by atoms with Crippen LogP contribution in [-0.4, -0.2) is 10.9 Å². The summed E-state index contributed by atoms with van der Waals surface area (Å²) in [4.78, 5) is 15.4. The number of nitrogens with one attached hydrogen (secondary N) is 1. The van der Waals surface area contributed by atoms with E-state index in [4.69, 9.17) is 5.26 Å². The molecule has 1 amide bonds. The minimum atomic E-state index is -0.628. The topological polar surface area (TPSA) is 65.8 Å². The minimum absolute atomic E-state index is 0.263. The molecule has 0 saturated heterocycles. The Labute approximate surface area is 115 Å². The second kappa shape index (κ2) is 5.93. The average Bonchev–Trinajstić information content (AvgIpc) is 2.47. The largest absolute Gasteiger partial charge is 0.345 e. The fourth-order valence-electron chi connectivity index (χ4n) is 1.75. The van der Waals surface area contributed by atoms with E-state index in [1.54, 1.807) is 18.2 Å². The second-order valence-electron chi connectivity index (χ2n) is 4.30. The molecule has 2 aromatic rings. The van der Waals surface area contributed by atoms with Gasteiger partial charge in [-0.3, -0.25) is 4.79 Å². The zero-order valence-corrected chi connectivity index (χ0v) is 10.8. The molecular formula is C15H12FN3O. The molecule has 0 aliphatic heterocycles. The molecule has 1 aromatic heterocycles. The monoisotopic (exact) mass is 269 g/mol. The summed E-state index contributed by atoms with van der Waals surface area (Å²) in [6.45, 7) is 1.81. The van der Waals surface area contributed by atoms with Gasteiger partial charge in [0, 0.05) is 6.20 Å². The molecule has 1 atom stereocenters. The van der Waals surface area contributed by atoms with Gasteiger partial charge in [0.15, 0.2) is 0 Å². The van der Waals surface area contributed by atoms with Crippen molar-refractivity contribution in [3.05, 3.63) is 65.2 Å². The Morgan fingerprint density at radius 1 is 1.40 bits per heavy atom. The van der Waals surface area contributed by atoms with E-state index >= 15 is 0 Å². The van der Waals surface area contributed by atoms with Crippen LogP contribution in [0.3, 0.4) is 0 Å². The van der Waals surface area contributed by atoms with Crippen LogP contribution in [0.5, 0.6) is 0 Å². The lowest BCUT2D eigenvalue weighted by Gasteiger charge is -2.14. The molecule has 0 radical (unpaired) electrons. The Morgan fingerprint density at radius 2 is 2.20 bits per heavy atom. The van der Waals surface area contributed by atoms with Crippen LogP contribution in [0.4, 0.5) is 4.39 Å². The van der Waals surface area contributed by atoms with Gasteiger partial charge in [-0.05, 0) is 36.8 Å². The molecular weight excluding hydrogens is 257 g/mol. The summed E-state index contributed by atoms with van der Waals surface area (Å²) in [5.74, 6) is -0.969. The van der Waals surface area contributed by atoms with E-state index in [1.165, 1.54) is 12.3 Å². The summed E-state index contributed by atoms with van der Waals surface area (Å²) in [6, 6.07) is 11.3. The molecule has 0 fully saturated rings. The number of hydrogen-bond acceptors (Lipinski definition) is 3. The smallest absolute Gasteiger partial charge is 0.253 e. The number of carbonyl (C=O) groups excluding carboxylic acids is 1. The molecule has 2 rings (SSSR count). The molecule has 4 nitrogen and oxygen atoms in total. The average molecular weight is 269 g/mol. The van der Waals surface area contributed by atoms with E-state index < -0.39 is 5.95 Å². The van der Waals surface area contributed by atoms with Gasteiger partial charge in [-0.25, -0.2) is 4.98 Å². The van der Waals surface area contributed by atoms with Gasteiger partial charge >= 0.3 is 0 Å². The highest BCUT2D eigenvalue weighted by molar-refractivity contribution is 5.94. The predicted octanol–water partition coefficient (Wildman–Crippen LogP) is 2.58. The number of nitriles is 1. The van der Waals surface area contributed by atoms with Crippen molar-refractivity contribution in [3.63, 3.8) is 0 Å². The standard InChI is InChI=1S/C15H12FN3O/c1-10(12-4-2-3-11(7-12)8-17)19-15(20)13-5-6-14(16)18-9-13/h2-7,9-10H,1H3,(H,19,20). The van der Waals surface area contributed by atoms with Crippen LogP contribution in [-0.2, 0) is 0 Å². The van der Waals surface area contributed by atoms with Gasteiger partial charge < -0.3 is 5.32 Å². The van der Waals surface area contributed by atoms with E-state index in [1.807, 2.05) is 19.1 Å². The van der Waals surface area contributed by atoms with Crippen LogP contribution in [0.2, 0.25) is 0 Å². The molecule has 0 saturated carbocycles. The Hall–Kier alpha value is -2.74. The Bertz CT molecular complexity index is 662. The van der Waals surface area contributed by atoms with E-state index in [-0.39, 0.29) is 17.5 Å². The van der Waals surface area contributed by atoms with E-state index in [2.05, 4.69) is 10.3 Å². The lowest BCUT2D eigenvalue weighted by atomic mass is 10.1. The minimum Gasteiger partial charge on any atom is -0.345 e. The van der Waals surface area contributed by atoms with Gasteiger partial charge in [0.05, 0.1) is 23.2 Å². The Kier molecular flexibility index (Phi) is 4.06. The number of hydrogen-bond donors (Lipinski definition) is 1. The fraction of sp³-hybridized carbons (Fsp3) is 0.133. The van der Waals surface area contributed by atoms with Crippen LogP contribution >= 0.6 is 0 Å². The van der Waals surface area contributed by atoms with Gasteiger partial charge in [0.1, 0.15) is 0 Å². The first-order chi connectivity index (χ1) is 9.60. The SMILES string of the molecule is CC(NC(=O)c1ccc(F)nc1)c1cccc(C#N)c1. The van der Waals surface area contributed by atoms with Gasteiger partial charge in [-0.1, -0.05) is 12.1 Å². The molecule has 1 N–H and O–H groups in total. The maximum atomic E-state index is 12.7. The van der Waals surface area contributed by atoms with E-state index in [0.29, 0.717) is 5.56 Å². The van der Waals surface area contributed by atoms with Crippen LogP contribution in [0.25, 0.3) is 0 Å². The number of benzene rings is 1. The molecule has 20 heavy (non-hydrogen) atoms. The first-order valence-electron chi connectivity index (χ1n) is 6.02. The molecule has 0 spiro atoms. The van der Waals surface area contributed by atoms with Gasteiger partial charge in [-0.2, -0.15) is 9.65 Å². The van der Waals surface area contributed by atoms with E-state index in [0.717, 1.165) is 11.6 Å². The Balaban J connectivity index is 2.11. The summed E-state index contributed by atoms with van der Waals surface area (Å²) in [6.07, 6.45) is 1.18. The maximum Gasteiger partial charge on any atom is 0.253 e. The molecule has 1 aromatic carbocycles. The third-order valence-electron chi connectivity index (χ3n) is 2.85. The second-order valence-corrected chi connectivity index (χ2v) is 4.30. The van der Waals surface area contributed by atoms with Crippen LogP contribution in [0.1, 0.15) is 34.5 Å². The van der Waals surface area contributed by atoms with Crippen molar-refractivity contribution in [1.29, 1.82) is 5.26 Å². The molecule has 0 aliphatic carbocycles. The quantitative estimate of drug-likeness (QED) is 0.871. The van der Waals surface area contributed by atoms with Crippen molar-refractivity contribution in [2.45, 2.75) is 13.0 Å². The van der Waals surface area contributed by atoms with Crippen molar-refractivity contribution in [3.8, 4) is 6.07 Å². The highest BCUT2D eigenvalue weighted by Crippen LogP contribution is 2.14. The lowest BCUT2D eigenvalue weighted by molar-refractivity contribution is 0.0939. The lowest BCUT2D eigenvalue weighted by Crippen LogP contribution is -2.26. The number of amides is 1. The highest BCUT2D eigenvalue weighted by Gasteiger charge is 2.12. The first kappa shape index (κ1) is 13.7. The first-order valence-corrected chi connectivity index (χ1v) is 6.02. The number of nitrogens with zero attached hydrogens (tertiary/aromatic N) is 2. The van der Waals surface area contributed by atoms with Gasteiger partial charge in [-0.15, -0.1) is 0 Å². The van der Waals surface area contributed by atoms with Gasteiger partial charge in [0.25, 0.3) is 5.91 Å². The molecule has 1 unspecified atom stereocenters. The van der Waals surface area contributed by atoms with Crippen LogP contribution < -0.4 is 5.32 Å². The van der Waals surface area contributed by atoms with Crippen molar-refractivity contribution in [2.75, 3.05) is 0 Å². The van der Waals surface area contributed by atoms with Crippen LogP contribution in [0.15, 0.2) is 42.6 Å². The summed E-state index contributed by atoms with van der Waals surface area (Å²) in [7, 11) is 0. The summed E-state index contributed by atoms with van der Waals surface area (Å²) >= 11 is 0.